The van der Waals surface area contributed by atoms with Crippen molar-refractivity contribution in [2.45, 2.75) is 26.1 Å². The molecule has 2 rings (SSSR count). The molecule has 0 bridgehead atoms. The van der Waals surface area contributed by atoms with E-state index in [0.29, 0.717) is 5.56 Å². The highest BCUT2D eigenvalue weighted by Gasteiger charge is 2.35. The van der Waals surface area contributed by atoms with Crippen LogP contribution in [0.5, 0.6) is 0 Å². The van der Waals surface area contributed by atoms with Gasteiger partial charge in [0.1, 0.15) is 5.69 Å². The van der Waals surface area contributed by atoms with E-state index in [1.54, 1.807) is 18.2 Å². The van der Waals surface area contributed by atoms with E-state index in [-0.39, 0.29) is 11.6 Å². The van der Waals surface area contributed by atoms with E-state index >= 15 is 0 Å². The molecule has 3 nitrogen and oxygen atoms in total. The third-order valence-corrected chi connectivity index (χ3v) is 2.99. The van der Waals surface area contributed by atoms with Crippen molar-refractivity contribution in [3.8, 4) is 11.1 Å². The molecule has 0 saturated carbocycles. The summed E-state index contributed by atoms with van der Waals surface area (Å²) >= 11 is 0. The SMILES string of the molecule is Cc1cc(-c2cn[nH]c2C(F)(F)F)ccc1[C@H](C)N. The number of nitrogens with one attached hydrogen (secondary N) is 1. The predicted octanol–water partition coefficient (Wildman–Crippen LogP) is 3.42. The first kappa shape index (κ1) is 13.6. The first-order valence-corrected chi connectivity index (χ1v) is 5.77. The van der Waals surface area contributed by atoms with Gasteiger partial charge in [-0.1, -0.05) is 18.2 Å². The van der Waals surface area contributed by atoms with Gasteiger partial charge in [0.15, 0.2) is 0 Å². The summed E-state index contributed by atoms with van der Waals surface area (Å²) < 4.78 is 38.4. The Morgan fingerprint density at radius 3 is 2.53 bits per heavy atom. The molecule has 0 aliphatic carbocycles. The summed E-state index contributed by atoms with van der Waals surface area (Å²) in [4.78, 5) is 0. The Morgan fingerprint density at radius 1 is 1.32 bits per heavy atom. The van der Waals surface area contributed by atoms with Crippen molar-refractivity contribution in [3.63, 3.8) is 0 Å². The van der Waals surface area contributed by atoms with Crippen LogP contribution in [0.3, 0.4) is 0 Å². The third kappa shape index (κ3) is 2.63. The fourth-order valence-corrected chi connectivity index (χ4v) is 2.08. The number of alkyl halides is 3. The molecular formula is C13H14F3N3. The van der Waals surface area contributed by atoms with Crippen molar-refractivity contribution >= 4 is 0 Å². The maximum absolute atomic E-state index is 12.8. The highest BCUT2D eigenvalue weighted by Crippen LogP contribution is 2.36. The molecule has 3 N–H and O–H groups in total. The zero-order valence-corrected chi connectivity index (χ0v) is 10.5. The van der Waals surface area contributed by atoms with Gasteiger partial charge < -0.3 is 5.73 Å². The van der Waals surface area contributed by atoms with Crippen LogP contribution in [0, 0.1) is 6.92 Å². The number of aromatic amines is 1. The number of aryl methyl sites for hydroxylation is 1. The fourth-order valence-electron chi connectivity index (χ4n) is 2.08. The summed E-state index contributed by atoms with van der Waals surface area (Å²) in [5.41, 5.74) is 7.25. The second-order valence-electron chi connectivity index (χ2n) is 4.52. The van der Waals surface area contributed by atoms with E-state index in [1.807, 2.05) is 18.9 Å². The monoisotopic (exact) mass is 269 g/mol. The lowest BCUT2D eigenvalue weighted by Gasteiger charge is -2.12. The molecule has 0 spiro atoms. The summed E-state index contributed by atoms with van der Waals surface area (Å²) in [6.45, 7) is 3.66. The van der Waals surface area contributed by atoms with E-state index in [4.69, 9.17) is 5.73 Å². The normalized spacial score (nSPS) is 13.6. The van der Waals surface area contributed by atoms with Gasteiger partial charge in [0.05, 0.1) is 6.20 Å². The van der Waals surface area contributed by atoms with Crippen molar-refractivity contribution in [2.75, 3.05) is 0 Å². The van der Waals surface area contributed by atoms with E-state index < -0.39 is 11.9 Å². The van der Waals surface area contributed by atoms with Crippen LogP contribution in [0.15, 0.2) is 24.4 Å². The molecule has 6 heteroatoms. The summed E-state index contributed by atoms with van der Waals surface area (Å²) in [6, 6.07) is 4.92. The average molecular weight is 269 g/mol. The summed E-state index contributed by atoms with van der Waals surface area (Å²) in [5.74, 6) is 0. The highest BCUT2D eigenvalue weighted by atomic mass is 19.4. The number of rotatable bonds is 2. The van der Waals surface area contributed by atoms with Crippen LogP contribution in [0.1, 0.15) is 29.8 Å². The number of halogens is 3. The lowest BCUT2D eigenvalue weighted by Crippen LogP contribution is -2.08. The number of nitrogens with zero attached hydrogens (tertiary/aromatic N) is 1. The predicted molar refractivity (Wildman–Crippen MR) is 66.4 cm³/mol. The van der Waals surface area contributed by atoms with Crippen LogP contribution in [0.4, 0.5) is 13.2 Å². The van der Waals surface area contributed by atoms with Crippen LogP contribution in [0.25, 0.3) is 11.1 Å². The van der Waals surface area contributed by atoms with Crippen molar-refractivity contribution in [2.24, 2.45) is 5.73 Å². The Bertz CT molecular complexity index is 585. The second-order valence-corrected chi connectivity index (χ2v) is 4.52. The highest BCUT2D eigenvalue weighted by molar-refractivity contribution is 5.67. The topological polar surface area (TPSA) is 54.7 Å². The number of nitrogens with two attached hydrogens (primary N) is 1. The minimum absolute atomic E-state index is 0.0480. The summed E-state index contributed by atoms with van der Waals surface area (Å²) in [7, 11) is 0. The first-order chi connectivity index (χ1) is 8.80. The molecule has 1 heterocycles. The molecule has 0 aliphatic heterocycles. The maximum atomic E-state index is 12.8. The Morgan fingerprint density at radius 2 is 2.00 bits per heavy atom. The van der Waals surface area contributed by atoms with E-state index in [9.17, 15) is 13.2 Å². The third-order valence-electron chi connectivity index (χ3n) is 2.99. The lowest BCUT2D eigenvalue weighted by molar-refractivity contribution is -0.140. The first-order valence-electron chi connectivity index (χ1n) is 5.77. The van der Waals surface area contributed by atoms with Crippen LogP contribution < -0.4 is 5.73 Å². The number of hydrogen-bond acceptors (Lipinski definition) is 2. The molecule has 0 radical (unpaired) electrons. The summed E-state index contributed by atoms with van der Waals surface area (Å²) in [6.07, 6.45) is -3.26. The lowest BCUT2D eigenvalue weighted by atomic mass is 9.97. The van der Waals surface area contributed by atoms with Crippen molar-refractivity contribution in [3.05, 3.63) is 41.2 Å². The van der Waals surface area contributed by atoms with Gasteiger partial charge in [0.2, 0.25) is 0 Å². The molecule has 0 unspecified atom stereocenters. The van der Waals surface area contributed by atoms with Gasteiger partial charge in [-0.25, -0.2) is 0 Å². The Hall–Kier alpha value is -1.82. The Labute approximate surface area is 108 Å². The second kappa shape index (κ2) is 4.70. The number of benzene rings is 1. The van der Waals surface area contributed by atoms with Crippen LogP contribution in [-0.4, -0.2) is 10.2 Å². The van der Waals surface area contributed by atoms with E-state index in [1.165, 1.54) is 6.20 Å². The van der Waals surface area contributed by atoms with E-state index in [2.05, 4.69) is 5.10 Å². The zero-order valence-electron chi connectivity index (χ0n) is 10.5. The van der Waals surface area contributed by atoms with Gasteiger partial charge >= 0.3 is 6.18 Å². The maximum Gasteiger partial charge on any atom is 0.433 e. The molecule has 2 aromatic rings. The molecule has 19 heavy (non-hydrogen) atoms. The van der Waals surface area contributed by atoms with Crippen LogP contribution in [0.2, 0.25) is 0 Å². The molecule has 0 aliphatic rings. The quantitative estimate of drug-likeness (QED) is 0.877. The van der Waals surface area contributed by atoms with Gasteiger partial charge in [0, 0.05) is 11.6 Å². The van der Waals surface area contributed by atoms with Crippen LogP contribution in [-0.2, 0) is 6.18 Å². The molecule has 1 aromatic heterocycles. The minimum atomic E-state index is -4.44. The van der Waals surface area contributed by atoms with Gasteiger partial charge in [0.25, 0.3) is 0 Å². The zero-order chi connectivity index (χ0) is 14.2. The number of H-pyrrole nitrogens is 1. The van der Waals surface area contributed by atoms with Gasteiger partial charge in [-0.2, -0.15) is 18.3 Å². The molecule has 1 atom stereocenters. The Kier molecular flexibility index (Phi) is 3.36. The Balaban J connectivity index is 2.49. The number of aromatic nitrogens is 2. The minimum Gasteiger partial charge on any atom is -0.324 e. The smallest absolute Gasteiger partial charge is 0.324 e. The van der Waals surface area contributed by atoms with Gasteiger partial charge in [-0.15, -0.1) is 0 Å². The van der Waals surface area contributed by atoms with Gasteiger partial charge in [-0.3, -0.25) is 5.10 Å². The van der Waals surface area contributed by atoms with Crippen molar-refractivity contribution in [1.29, 1.82) is 0 Å². The van der Waals surface area contributed by atoms with Gasteiger partial charge in [-0.05, 0) is 30.5 Å². The van der Waals surface area contributed by atoms with Crippen LogP contribution >= 0.6 is 0 Å². The summed E-state index contributed by atoms with van der Waals surface area (Å²) in [5, 5.41) is 5.48. The van der Waals surface area contributed by atoms with E-state index in [0.717, 1.165) is 11.1 Å². The van der Waals surface area contributed by atoms with Crippen molar-refractivity contribution < 1.29 is 13.2 Å². The largest absolute Gasteiger partial charge is 0.433 e. The molecule has 1 aromatic carbocycles. The molecule has 0 fully saturated rings. The van der Waals surface area contributed by atoms with Crippen molar-refractivity contribution in [1.82, 2.24) is 10.2 Å². The molecule has 102 valence electrons. The molecule has 0 amide bonds. The average Bonchev–Trinajstić information content (AvgIpc) is 2.76. The number of hydrogen-bond donors (Lipinski definition) is 2. The standard InChI is InChI=1S/C13H14F3N3/c1-7-5-9(3-4-10(7)8(2)17)11-6-18-19-12(11)13(14,15)16/h3-6,8H,17H2,1-2H3,(H,18,19)/t8-/m0/s1. The molecular weight excluding hydrogens is 255 g/mol. The molecule has 0 saturated heterocycles. The fraction of sp³-hybridized carbons (Fsp3) is 0.308.